The summed E-state index contributed by atoms with van der Waals surface area (Å²) in [4.78, 5) is 17.9. The predicted molar refractivity (Wildman–Crippen MR) is 88.4 cm³/mol. The van der Waals surface area contributed by atoms with Gasteiger partial charge in [0.1, 0.15) is 6.07 Å². The zero-order valence-corrected chi connectivity index (χ0v) is 13.3. The fourth-order valence-electron chi connectivity index (χ4n) is 2.25. The van der Waals surface area contributed by atoms with Crippen LogP contribution in [0.1, 0.15) is 19.4 Å². The van der Waals surface area contributed by atoms with E-state index in [4.69, 9.17) is 10.00 Å². The van der Waals surface area contributed by atoms with E-state index >= 15 is 0 Å². The lowest BCUT2D eigenvalue weighted by atomic mass is 10.1. The Morgan fingerprint density at radius 3 is 2.70 bits per heavy atom. The van der Waals surface area contributed by atoms with Gasteiger partial charge in [0.2, 0.25) is 0 Å². The third-order valence-corrected chi connectivity index (χ3v) is 3.47. The van der Waals surface area contributed by atoms with E-state index in [-0.39, 0.29) is 18.2 Å². The normalized spacial score (nSPS) is 16.7. The minimum atomic E-state index is -0.641. The zero-order valence-electron chi connectivity index (χ0n) is 13.3. The first kappa shape index (κ1) is 16.5. The number of nitriles is 1. The lowest BCUT2D eigenvalue weighted by Gasteiger charge is -2.25. The van der Waals surface area contributed by atoms with E-state index in [2.05, 4.69) is 24.0 Å². The molecule has 0 amide bonds. The highest BCUT2D eigenvalue weighted by Gasteiger charge is 2.18. The summed E-state index contributed by atoms with van der Waals surface area (Å²) in [5.74, 6) is -0.641. The Hall–Kier alpha value is -2.87. The summed E-state index contributed by atoms with van der Waals surface area (Å²) in [6.07, 6.45) is 6.00. The van der Waals surface area contributed by atoms with Gasteiger partial charge in [0.15, 0.2) is 5.57 Å². The van der Waals surface area contributed by atoms with Gasteiger partial charge in [0.25, 0.3) is 0 Å². The van der Waals surface area contributed by atoms with Crippen LogP contribution in [0.15, 0.2) is 58.9 Å². The minimum Gasteiger partial charge on any atom is -0.462 e. The van der Waals surface area contributed by atoms with Gasteiger partial charge < -0.3 is 9.64 Å². The second-order valence-corrected chi connectivity index (χ2v) is 5.14. The number of benzene rings is 1. The largest absolute Gasteiger partial charge is 0.462 e. The summed E-state index contributed by atoms with van der Waals surface area (Å²) >= 11 is 0. The van der Waals surface area contributed by atoms with E-state index in [1.807, 2.05) is 35.4 Å². The Kier molecular flexibility index (Phi) is 5.70. The third kappa shape index (κ3) is 4.30. The molecule has 1 aliphatic rings. The second kappa shape index (κ2) is 7.95. The summed E-state index contributed by atoms with van der Waals surface area (Å²) in [6.45, 7) is 4.02. The SMILES string of the molecule is CCOC(=O)/C(C#N)=C1/C=CN(C(C)Cc2ccccc2)C=N1. The van der Waals surface area contributed by atoms with E-state index in [0.717, 1.165) is 6.42 Å². The van der Waals surface area contributed by atoms with Crippen molar-refractivity contribution in [3.63, 3.8) is 0 Å². The van der Waals surface area contributed by atoms with Crippen molar-refractivity contribution < 1.29 is 9.53 Å². The van der Waals surface area contributed by atoms with Crippen LogP contribution in [0.4, 0.5) is 0 Å². The molecule has 1 aliphatic heterocycles. The number of nitrogens with zero attached hydrogens (tertiary/aromatic N) is 3. The van der Waals surface area contributed by atoms with Gasteiger partial charge in [-0.1, -0.05) is 30.3 Å². The molecule has 0 saturated heterocycles. The van der Waals surface area contributed by atoms with Gasteiger partial charge in [-0.3, -0.25) is 0 Å². The smallest absolute Gasteiger partial charge is 0.351 e. The average molecular weight is 309 g/mol. The van der Waals surface area contributed by atoms with Crippen LogP contribution in [0.2, 0.25) is 0 Å². The van der Waals surface area contributed by atoms with E-state index in [1.54, 1.807) is 19.3 Å². The maximum absolute atomic E-state index is 11.7. The summed E-state index contributed by atoms with van der Waals surface area (Å²) in [5, 5.41) is 9.12. The molecule has 0 saturated carbocycles. The van der Waals surface area contributed by atoms with Crippen LogP contribution in [0.25, 0.3) is 0 Å². The molecule has 1 heterocycles. The topological polar surface area (TPSA) is 65.7 Å². The Bertz CT molecular complexity index is 668. The van der Waals surface area contributed by atoms with Gasteiger partial charge in [-0.15, -0.1) is 0 Å². The minimum absolute atomic E-state index is 0.0743. The van der Waals surface area contributed by atoms with E-state index in [1.165, 1.54) is 5.56 Å². The van der Waals surface area contributed by atoms with Crippen molar-refractivity contribution >= 4 is 12.3 Å². The van der Waals surface area contributed by atoms with Crippen molar-refractivity contribution in [2.75, 3.05) is 6.61 Å². The molecule has 0 aliphatic carbocycles. The third-order valence-electron chi connectivity index (χ3n) is 3.47. The van der Waals surface area contributed by atoms with Crippen LogP contribution in [-0.2, 0) is 16.0 Å². The van der Waals surface area contributed by atoms with Crippen LogP contribution in [0, 0.1) is 11.3 Å². The lowest BCUT2D eigenvalue weighted by Crippen LogP contribution is -2.30. The highest BCUT2D eigenvalue weighted by Crippen LogP contribution is 2.16. The van der Waals surface area contributed by atoms with E-state index in [0.29, 0.717) is 5.70 Å². The molecule has 0 radical (unpaired) electrons. The number of ether oxygens (including phenoxy) is 1. The summed E-state index contributed by atoms with van der Waals surface area (Å²) in [5.41, 5.74) is 1.50. The van der Waals surface area contributed by atoms with Gasteiger partial charge in [-0.25, -0.2) is 9.79 Å². The molecule has 0 N–H and O–H groups in total. The van der Waals surface area contributed by atoms with E-state index in [9.17, 15) is 4.79 Å². The standard InChI is InChI=1S/C18H19N3O2/c1-3-23-18(22)16(12-19)17-9-10-21(13-20-17)14(2)11-15-7-5-4-6-8-15/h4-10,13-14H,3,11H2,1-2H3/b17-16-. The first-order chi connectivity index (χ1) is 11.2. The number of hydrogen-bond acceptors (Lipinski definition) is 5. The molecule has 0 aromatic heterocycles. The first-order valence-corrected chi connectivity index (χ1v) is 7.51. The van der Waals surface area contributed by atoms with Gasteiger partial charge in [-0.2, -0.15) is 5.26 Å². The van der Waals surface area contributed by atoms with Gasteiger partial charge >= 0.3 is 5.97 Å². The fourth-order valence-corrected chi connectivity index (χ4v) is 2.25. The number of carbonyl (C=O) groups is 1. The second-order valence-electron chi connectivity index (χ2n) is 5.14. The van der Waals surface area contributed by atoms with Crippen molar-refractivity contribution in [3.8, 4) is 6.07 Å². The van der Waals surface area contributed by atoms with Crippen LogP contribution in [0.5, 0.6) is 0 Å². The number of allylic oxidation sites excluding steroid dienone is 1. The Morgan fingerprint density at radius 1 is 1.39 bits per heavy atom. The summed E-state index contributed by atoms with van der Waals surface area (Å²) < 4.78 is 4.86. The molecule has 1 aromatic rings. The van der Waals surface area contributed by atoms with Crippen LogP contribution < -0.4 is 0 Å². The van der Waals surface area contributed by atoms with Crippen molar-refractivity contribution in [2.24, 2.45) is 4.99 Å². The Balaban J connectivity index is 2.07. The number of hydrogen-bond donors (Lipinski definition) is 0. The number of aliphatic imine (C=N–C) groups is 1. The quantitative estimate of drug-likeness (QED) is 0.476. The molecule has 5 heteroatoms. The molecular weight excluding hydrogens is 290 g/mol. The van der Waals surface area contributed by atoms with Crippen LogP contribution >= 0.6 is 0 Å². The van der Waals surface area contributed by atoms with E-state index < -0.39 is 5.97 Å². The maximum atomic E-state index is 11.7. The average Bonchev–Trinajstić information content (AvgIpc) is 2.57. The van der Waals surface area contributed by atoms with Gasteiger partial charge in [0.05, 0.1) is 18.6 Å². The van der Waals surface area contributed by atoms with Crippen molar-refractivity contribution in [3.05, 3.63) is 59.4 Å². The highest BCUT2D eigenvalue weighted by molar-refractivity contribution is 5.94. The highest BCUT2D eigenvalue weighted by atomic mass is 16.5. The predicted octanol–water partition coefficient (Wildman–Crippen LogP) is 2.82. The summed E-state index contributed by atoms with van der Waals surface area (Å²) in [7, 11) is 0. The molecule has 1 unspecified atom stereocenters. The molecular formula is C18H19N3O2. The molecule has 0 fully saturated rings. The molecule has 0 bridgehead atoms. The van der Waals surface area contributed by atoms with Crippen LogP contribution in [0.3, 0.4) is 0 Å². The van der Waals surface area contributed by atoms with Gasteiger partial charge in [-0.05, 0) is 31.9 Å². The molecule has 1 aromatic carbocycles. The molecule has 118 valence electrons. The van der Waals surface area contributed by atoms with Crippen molar-refractivity contribution in [1.82, 2.24) is 4.90 Å². The van der Waals surface area contributed by atoms with Gasteiger partial charge in [0, 0.05) is 12.2 Å². The maximum Gasteiger partial charge on any atom is 0.351 e. The Morgan fingerprint density at radius 2 is 2.13 bits per heavy atom. The van der Waals surface area contributed by atoms with Crippen LogP contribution in [-0.4, -0.2) is 29.9 Å². The molecule has 2 rings (SSSR count). The lowest BCUT2D eigenvalue weighted by molar-refractivity contribution is -0.138. The molecule has 23 heavy (non-hydrogen) atoms. The Labute approximate surface area is 136 Å². The summed E-state index contributed by atoms with van der Waals surface area (Å²) in [6, 6.07) is 12.3. The van der Waals surface area contributed by atoms with Crippen molar-refractivity contribution in [1.29, 1.82) is 5.26 Å². The first-order valence-electron chi connectivity index (χ1n) is 7.51. The monoisotopic (exact) mass is 309 g/mol. The molecule has 1 atom stereocenters. The fraction of sp³-hybridized carbons (Fsp3) is 0.278. The number of carbonyl (C=O) groups excluding carboxylic acids is 1. The number of esters is 1. The zero-order chi connectivity index (χ0) is 16.7. The van der Waals surface area contributed by atoms with Crippen molar-refractivity contribution in [2.45, 2.75) is 26.3 Å². The number of rotatable bonds is 5. The molecule has 0 spiro atoms. The molecule has 5 nitrogen and oxygen atoms in total.